The number of thioether (sulfide) groups is 1. The van der Waals surface area contributed by atoms with Crippen molar-refractivity contribution in [3.8, 4) is 0 Å². The highest BCUT2D eigenvalue weighted by atomic mass is 32.2. The summed E-state index contributed by atoms with van der Waals surface area (Å²) in [6.07, 6.45) is 2.24. The molecule has 0 spiro atoms. The predicted molar refractivity (Wildman–Crippen MR) is 112 cm³/mol. The van der Waals surface area contributed by atoms with E-state index in [1.807, 2.05) is 6.26 Å². The SMILES string of the molecule is CNC(=O)c1ccc(NC(=O)[C@H](CCSC)N2C(=O)c3ccccc3C2=O)cc1. The lowest BCUT2D eigenvalue weighted by molar-refractivity contribution is -0.120. The maximum atomic E-state index is 13.0. The Hall–Kier alpha value is -3.13. The Kier molecular flexibility index (Phi) is 6.33. The van der Waals surface area contributed by atoms with Gasteiger partial charge in [-0.2, -0.15) is 11.8 Å². The van der Waals surface area contributed by atoms with Gasteiger partial charge in [0.25, 0.3) is 17.7 Å². The summed E-state index contributed by atoms with van der Waals surface area (Å²) < 4.78 is 0. The highest BCUT2D eigenvalue weighted by Crippen LogP contribution is 2.26. The molecule has 0 fully saturated rings. The Morgan fingerprint density at radius 2 is 1.59 bits per heavy atom. The second-order valence-electron chi connectivity index (χ2n) is 6.47. The average Bonchev–Trinajstić information content (AvgIpc) is 2.99. The number of rotatable bonds is 7. The fourth-order valence-electron chi connectivity index (χ4n) is 3.17. The van der Waals surface area contributed by atoms with Crippen molar-refractivity contribution in [3.63, 3.8) is 0 Å². The number of amides is 4. The van der Waals surface area contributed by atoms with Crippen LogP contribution in [0.4, 0.5) is 5.69 Å². The minimum atomic E-state index is -0.923. The molecule has 2 aromatic carbocycles. The molecule has 1 heterocycles. The smallest absolute Gasteiger partial charge is 0.262 e. The highest BCUT2D eigenvalue weighted by molar-refractivity contribution is 7.98. The number of carbonyl (C=O) groups is 4. The van der Waals surface area contributed by atoms with Gasteiger partial charge in [0, 0.05) is 18.3 Å². The minimum Gasteiger partial charge on any atom is -0.355 e. The van der Waals surface area contributed by atoms with Crippen LogP contribution in [0.25, 0.3) is 0 Å². The molecule has 0 radical (unpaired) electrons. The van der Waals surface area contributed by atoms with Gasteiger partial charge in [0.05, 0.1) is 11.1 Å². The summed E-state index contributed by atoms with van der Waals surface area (Å²) in [5.74, 6) is -0.974. The number of carbonyl (C=O) groups excluding carboxylic acids is 4. The van der Waals surface area contributed by atoms with Crippen LogP contribution < -0.4 is 10.6 Å². The average molecular weight is 411 g/mol. The third-order valence-corrected chi connectivity index (χ3v) is 5.32. The van der Waals surface area contributed by atoms with Gasteiger partial charge in [-0.05, 0) is 54.8 Å². The second kappa shape index (κ2) is 8.91. The number of hydrogen-bond acceptors (Lipinski definition) is 5. The molecule has 1 aliphatic rings. The summed E-state index contributed by atoms with van der Waals surface area (Å²) in [6, 6.07) is 12.0. The van der Waals surface area contributed by atoms with E-state index in [2.05, 4.69) is 10.6 Å². The van der Waals surface area contributed by atoms with Gasteiger partial charge in [0.1, 0.15) is 6.04 Å². The predicted octanol–water partition coefficient (Wildman–Crippen LogP) is 2.40. The molecule has 0 bridgehead atoms. The molecule has 0 saturated heterocycles. The molecule has 0 aliphatic carbocycles. The van der Waals surface area contributed by atoms with Crippen molar-refractivity contribution in [2.24, 2.45) is 0 Å². The fraction of sp³-hybridized carbons (Fsp3) is 0.238. The number of nitrogens with zero attached hydrogens (tertiary/aromatic N) is 1. The van der Waals surface area contributed by atoms with E-state index in [-0.39, 0.29) is 5.91 Å². The lowest BCUT2D eigenvalue weighted by Crippen LogP contribution is -2.47. The Morgan fingerprint density at radius 1 is 1.00 bits per heavy atom. The highest BCUT2D eigenvalue weighted by Gasteiger charge is 2.42. The monoisotopic (exact) mass is 411 g/mol. The first-order valence-corrected chi connectivity index (χ1v) is 10.5. The molecule has 150 valence electrons. The van der Waals surface area contributed by atoms with Crippen LogP contribution in [0.2, 0.25) is 0 Å². The van der Waals surface area contributed by atoms with Crippen molar-refractivity contribution < 1.29 is 19.2 Å². The molecule has 0 aromatic heterocycles. The summed E-state index contributed by atoms with van der Waals surface area (Å²) in [6.45, 7) is 0. The van der Waals surface area contributed by atoms with E-state index in [0.717, 1.165) is 4.90 Å². The molecule has 3 rings (SSSR count). The maximum Gasteiger partial charge on any atom is 0.262 e. The van der Waals surface area contributed by atoms with E-state index in [9.17, 15) is 19.2 Å². The van der Waals surface area contributed by atoms with Gasteiger partial charge in [-0.25, -0.2) is 0 Å². The Balaban J connectivity index is 1.82. The third-order valence-electron chi connectivity index (χ3n) is 4.68. The maximum absolute atomic E-state index is 13.0. The lowest BCUT2D eigenvalue weighted by atomic mass is 10.1. The number of benzene rings is 2. The van der Waals surface area contributed by atoms with Gasteiger partial charge in [-0.3, -0.25) is 24.1 Å². The summed E-state index contributed by atoms with van der Waals surface area (Å²) in [4.78, 5) is 51.3. The molecule has 1 aliphatic heterocycles. The van der Waals surface area contributed by atoms with Gasteiger partial charge in [-0.1, -0.05) is 12.1 Å². The van der Waals surface area contributed by atoms with E-state index in [4.69, 9.17) is 0 Å². The van der Waals surface area contributed by atoms with Crippen LogP contribution in [0, 0.1) is 0 Å². The molecule has 29 heavy (non-hydrogen) atoms. The van der Waals surface area contributed by atoms with Crippen LogP contribution in [-0.2, 0) is 4.79 Å². The van der Waals surface area contributed by atoms with Crippen molar-refractivity contribution in [1.82, 2.24) is 10.2 Å². The third kappa shape index (κ3) is 4.17. The number of nitrogens with one attached hydrogen (secondary N) is 2. The molecule has 1 atom stereocenters. The molecule has 0 saturated carbocycles. The van der Waals surface area contributed by atoms with Gasteiger partial charge < -0.3 is 10.6 Å². The Bertz CT molecular complexity index is 924. The first kappa shape index (κ1) is 20.6. The van der Waals surface area contributed by atoms with Gasteiger partial charge >= 0.3 is 0 Å². The number of anilines is 1. The quantitative estimate of drug-likeness (QED) is 0.682. The number of fused-ring (bicyclic) bond motifs is 1. The van der Waals surface area contributed by atoms with E-state index >= 15 is 0 Å². The second-order valence-corrected chi connectivity index (χ2v) is 7.45. The Labute approximate surface area is 172 Å². The Morgan fingerprint density at radius 3 is 2.10 bits per heavy atom. The van der Waals surface area contributed by atoms with Gasteiger partial charge in [-0.15, -0.1) is 0 Å². The molecule has 2 N–H and O–H groups in total. The van der Waals surface area contributed by atoms with Crippen molar-refractivity contribution in [1.29, 1.82) is 0 Å². The van der Waals surface area contributed by atoms with E-state index < -0.39 is 23.8 Å². The zero-order valence-electron chi connectivity index (χ0n) is 16.1. The minimum absolute atomic E-state index is 0.230. The van der Waals surface area contributed by atoms with Gasteiger partial charge in [0.2, 0.25) is 5.91 Å². The largest absolute Gasteiger partial charge is 0.355 e. The summed E-state index contributed by atoms with van der Waals surface area (Å²) in [5.41, 5.74) is 1.57. The van der Waals surface area contributed by atoms with Crippen molar-refractivity contribution >= 4 is 41.1 Å². The summed E-state index contributed by atoms with van der Waals surface area (Å²) >= 11 is 1.53. The number of imide groups is 1. The van der Waals surface area contributed by atoms with Crippen LogP contribution >= 0.6 is 11.8 Å². The fourth-order valence-corrected chi connectivity index (χ4v) is 3.63. The van der Waals surface area contributed by atoms with Crippen LogP contribution in [0.15, 0.2) is 48.5 Å². The van der Waals surface area contributed by atoms with Crippen LogP contribution in [0.3, 0.4) is 0 Å². The molecular weight excluding hydrogens is 390 g/mol. The van der Waals surface area contributed by atoms with Gasteiger partial charge in [0.15, 0.2) is 0 Å². The lowest BCUT2D eigenvalue weighted by Gasteiger charge is -2.25. The van der Waals surface area contributed by atoms with Crippen LogP contribution in [0.1, 0.15) is 37.5 Å². The molecule has 7 nitrogen and oxygen atoms in total. The molecule has 4 amide bonds. The topological polar surface area (TPSA) is 95.6 Å². The van der Waals surface area contributed by atoms with Crippen molar-refractivity contribution in [2.75, 3.05) is 24.4 Å². The first-order chi connectivity index (χ1) is 14.0. The standard InChI is InChI=1S/C21H21N3O4S/c1-22-18(25)13-7-9-14(10-8-13)23-19(26)17(11-12-29-2)24-20(27)15-5-3-4-6-16(15)21(24)28/h3-10,17H,11-12H2,1-2H3,(H,22,25)(H,23,26)/t17-/m0/s1. The molecular formula is C21H21N3O4S. The first-order valence-electron chi connectivity index (χ1n) is 9.06. The van der Waals surface area contributed by atoms with Crippen LogP contribution in [-0.4, -0.2) is 53.6 Å². The zero-order chi connectivity index (χ0) is 21.0. The van der Waals surface area contributed by atoms with E-state index in [0.29, 0.717) is 34.6 Å². The van der Waals surface area contributed by atoms with Crippen molar-refractivity contribution in [2.45, 2.75) is 12.5 Å². The summed E-state index contributed by atoms with van der Waals surface area (Å²) in [5, 5.41) is 5.28. The zero-order valence-corrected chi connectivity index (χ0v) is 16.9. The van der Waals surface area contributed by atoms with Crippen molar-refractivity contribution in [3.05, 3.63) is 65.2 Å². The van der Waals surface area contributed by atoms with E-state index in [1.165, 1.54) is 18.8 Å². The number of hydrogen-bond donors (Lipinski definition) is 2. The molecule has 0 unspecified atom stereocenters. The molecule has 2 aromatic rings. The van der Waals surface area contributed by atoms with E-state index in [1.54, 1.807) is 48.5 Å². The summed E-state index contributed by atoms with van der Waals surface area (Å²) in [7, 11) is 1.54. The van der Waals surface area contributed by atoms with Crippen LogP contribution in [0.5, 0.6) is 0 Å². The molecule has 8 heteroatoms. The normalized spacial score (nSPS) is 13.8.